The summed E-state index contributed by atoms with van der Waals surface area (Å²) >= 11 is 6.63. The van der Waals surface area contributed by atoms with E-state index in [9.17, 15) is 4.79 Å². The first-order chi connectivity index (χ1) is 6.20. The lowest BCUT2D eigenvalue weighted by molar-refractivity contribution is 0.161. The summed E-state index contributed by atoms with van der Waals surface area (Å²) in [5, 5.41) is 3.13. The Morgan fingerprint density at radius 1 is 1.69 bits per heavy atom. The molecule has 0 saturated carbocycles. The molecule has 1 aromatic heterocycles. The Bertz CT molecular complexity index is 292. The normalized spacial score (nSPS) is 9.62. The number of aromatic nitrogens is 2. The summed E-state index contributed by atoms with van der Waals surface area (Å²) in [6.07, 6.45) is -0.802. The van der Waals surface area contributed by atoms with E-state index in [2.05, 4.69) is 18.8 Å². The molecule has 0 aliphatic heterocycles. The van der Waals surface area contributed by atoms with Crippen molar-refractivity contribution >= 4 is 35.2 Å². The predicted molar refractivity (Wildman–Crippen MR) is 48.9 cm³/mol. The number of carbonyl (C=O) groups excluding carboxylic acids is 1. The zero-order valence-corrected chi connectivity index (χ0v) is 8.06. The van der Waals surface area contributed by atoms with E-state index in [0.717, 1.165) is 11.7 Å². The number of nitrogens with zero attached hydrogens (tertiary/aromatic N) is 2. The third-order valence-corrected chi connectivity index (χ3v) is 1.98. The highest BCUT2D eigenvalue weighted by Gasteiger charge is 2.03. The van der Waals surface area contributed by atoms with E-state index < -0.39 is 6.09 Å². The summed E-state index contributed by atoms with van der Waals surface area (Å²) in [7, 11) is 0. The van der Waals surface area contributed by atoms with Gasteiger partial charge < -0.3 is 15.8 Å². The maximum Gasteiger partial charge on any atom is 0.404 e. The fourth-order valence-corrected chi connectivity index (χ4v) is 1.29. The first-order valence-electron chi connectivity index (χ1n) is 3.34. The molecule has 1 aromatic rings. The van der Waals surface area contributed by atoms with Gasteiger partial charge in [-0.2, -0.15) is 8.75 Å². The van der Waals surface area contributed by atoms with Gasteiger partial charge in [-0.25, -0.2) is 4.79 Å². The average molecular weight is 223 g/mol. The van der Waals surface area contributed by atoms with Crippen LogP contribution in [0, 0.1) is 0 Å². The first-order valence-corrected chi connectivity index (χ1v) is 4.45. The Labute approximate surface area is 83.4 Å². The molecule has 0 fully saturated rings. The van der Waals surface area contributed by atoms with Gasteiger partial charge in [0.2, 0.25) is 0 Å². The topological polar surface area (TPSA) is 90.1 Å². The maximum atomic E-state index is 10.1. The molecule has 13 heavy (non-hydrogen) atoms. The molecule has 1 amide bonds. The smallest absolute Gasteiger partial charge is 0.404 e. The average Bonchev–Trinajstić information content (AvgIpc) is 2.45. The second-order valence-electron chi connectivity index (χ2n) is 2.00. The number of amides is 1. The molecule has 1 heterocycles. The van der Waals surface area contributed by atoms with Crippen LogP contribution in [0.2, 0.25) is 5.15 Å². The van der Waals surface area contributed by atoms with Gasteiger partial charge in [0.1, 0.15) is 6.61 Å². The van der Waals surface area contributed by atoms with Crippen LogP contribution in [0.3, 0.4) is 0 Å². The van der Waals surface area contributed by atoms with Gasteiger partial charge in [-0.3, -0.25) is 0 Å². The lowest BCUT2D eigenvalue weighted by Gasteiger charge is -2.02. The molecule has 0 atom stereocenters. The van der Waals surface area contributed by atoms with Gasteiger partial charge in [0.25, 0.3) is 0 Å². The zero-order valence-electron chi connectivity index (χ0n) is 6.49. The number of hydrogen-bond acceptors (Lipinski definition) is 6. The van der Waals surface area contributed by atoms with Crippen molar-refractivity contribution in [2.24, 2.45) is 5.73 Å². The molecule has 0 aliphatic carbocycles. The van der Waals surface area contributed by atoms with Gasteiger partial charge in [-0.15, -0.1) is 0 Å². The SMILES string of the molecule is NC(=O)OCCNc1nsnc1Cl. The van der Waals surface area contributed by atoms with E-state index >= 15 is 0 Å². The Balaban J connectivity index is 2.20. The Hall–Kier alpha value is -1.08. The first kappa shape index (κ1) is 10.0. The second-order valence-corrected chi connectivity index (χ2v) is 2.88. The van der Waals surface area contributed by atoms with Crippen LogP contribution >= 0.6 is 23.3 Å². The van der Waals surface area contributed by atoms with Crippen molar-refractivity contribution in [2.45, 2.75) is 0 Å². The van der Waals surface area contributed by atoms with Gasteiger partial charge in [0.15, 0.2) is 11.0 Å². The predicted octanol–water partition coefficient (Wildman–Crippen LogP) is 0.699. The summed E-state index contributed by atoms with van der Waals surface area (Å²) in [6, 6.07) is 0. The molecule has 0 bridgehead atoms. The number of hydrogen-bond donors (Lipinski definition) is 2. The third-order valence-electron chi connectivity index (χ3n) is 1.09. The van der Waals surface area contributed by atoms with Crippen LogP contribution in [0.25, 0.3) is 0 Å². The Morgan fingerprint density at radius 2 is 2.46 bits per heavy atom. The van der Waals surface area contributed by atoms with Crippen LogP contribution in [-0.2, 0) is 4.74 Å². The molecule has 8 heteroatoms. The highest BCUT2D eigenvalue weighted by molar-refractivity contribution is 6.99. The number of halogens is 1. The molecule has 72 valence electrons. The monoisotopic (exact) mass is 222 g/mol. The molecular weight excluding hydrogens is 216 g/mol. The number of ether oxygens (including phenoxy) is 1. The molecule has 1 rings (SSSR count). The van der Waals surface area contributed by atoms with Crippen LogP contribution in [0.5, 0.6) is 0 Å². The van der Waals surface area contributed by atoms with E-state index in [4.69, 9.17) is 17.3 Å². The highest BCUT2D eigenvalue weighted by Crippen LogP contribution is 2.16. The van der Waals surface area contributed by atoms with E-state index in [1.807, 2.05) is 0 Å². The molecule has 3 N–H and O–H groups in total. The van der Waals surface area contributed by atoms with Crippen molar-refractivity contribution in [1.29, 1.82) is 0 Å². The minimum atomic E-state index is -0.802. The van der Waals surface area contributed by atoms with Gasteiger partial charge in [0.05, 0.1) is 18.3 Å². The van der Waals surface area contributed by atoms with Crippen molar-refractivity contribution in [3.63, 3.8) is 0 Å². The lowest BCUT2D eigenvalue weighted by Crippen LogP contribution is -2.18. The summed E-state index contributed by atoms with van der Waals surface area (Å²) in [5.41, 5.74) is 4.74. The summed E-state index contributed by atoms with van der Waals surface area (Å²) in [5.74, 6) is 0.486. The van der Waals surface area contributed by atoms with Crippen molar-refractivity contribution in [3.8, 4) is 0 Å². The van der Waals surface area contributed by atoms with Crippen molar-refractivity contribution < 1.29 is 9.53 Å². The Morgan fingerprint density at radius 3 is 3.00 bits per heavy atom. The number of anilines is 1. The van der Waals surface area contributed by atoms with Gasteiger partial charge >= 0.3 is 6.09 Å². The number of rotatable bonds is 4. The molecule has 0 aromatic carbocycles. The van der Waals surface area contributed by atoms with Crippen LogP contribution in [0.1, 0.15) is 0 Å². The quantitative estimate of drug-likeness (QED) is 0.732. The van der Waals surface area contributed by atoms with E-state index in [0.29, 0.717) is 17.5 Å². The standard InChI is InChI=1S/C5H7ClN4O2S/c6-3-4(10-13-9-3)8-1-2-12-5(7)11/h1-2H2,(H2,7,11)(H,8,10). The summed E-state index contributed by atoms with van der Waals surface area (Å²) < 4.78 is 12.0. The van der Waals surface area contributed by atoms with Crippen molar-refractivity contribution in [1.82, 2.24) is 8.75 Å². The zero-order chi connectivity index (χ0) is 9.68. The minimum absolute atomic E-state index is 0.170. The van der Waals surface area contributed by atoms with Gasteiger partial charge in [-0.1, -0.05) is 11.6 Å². The third kappa shape index (κ3) is 3.43. The fraction of sp³-hybridized carbons (Fsp3) is 0.400. The number of nitrogens with one attached hydrogen (secondary N) is 1. The van der Waals surface area contributed by atoms with Gasteiger partial charge in [0, 0.05) is 0 Å². The molecule has 0 aliphatic rings. The number of primary amides is 1. The van der Waals surface area contributed by atoms with Crippen LogP contribution in [0.15, 0.2) is 0 Å². The molecule has 0 unspecified atom stereocenters. The van der Waals surface area contributed by atoms with E-state index in [1.54, 1.807) is 0 Å². The van der Waals surface area contributed by atoms with Gasteiger partial charge in [-0.05, 0) is 0 Å². The fourth-order valence-electron chi connectivity index (χ4n) is 0.604. The van der Waals surface area contributed by atoms with E-state index in [-0.39, 0.29) is 6.61 Å². The van der Waals surface area contributed by atoms with Crippen LogP contribution < -0.4 is 11.1 Å². The number of carbonyl (C=O) groups is 1. The van der Waals surface area contributed by atoms with Crippen molar-refractivity contribution in [3.05, 3.63) is 5.15 Å². The second kappa shape index (κ2) is 4.83. The van der Waals surface area contributed by atoms with Crippen LogP contribution in [-0.4, -0.2) is 28.0 Å². The highest BCUT2D eigenvalue weighted by atomic mass is 35.5. The summed E-state index contributed by atoms with van der Waals surface area (Å²) in [4.78, 5) is 10.1. The Kier molecular flexibility index (Phi) is 3.71. The van der Waals surface area contributed by atoms with Crippen LogP contribution in [0.4, 0.5) is 10.6 Å². The largest absolute Gasteiger partial charge is 0.448 e. The minimum Gasteiger partial charge on any atom is -0.448 e. The molecule has 0 radical (unpaired) electrons. The molecular formula is C5H7ClN4O2S. The van der Waals surface area contributed by atoms with E-state index in [1.165, 1.54) is 0 Å². The molecule has 0 spiro atoms. The summed E-state index contributed by atoms with van der Waals surface area (Å²) in [6.45, 7) is 0.567. The number of nitrogens with two attached hydrogens (primary N) is 1. The van der Waals surface area contributed by atoms with Crippen molar-refractivity contribution in [2.75, 3.05) is 18.5 Å². The lowest BCUT2D eigenvalue weighted by atomic mass is 10.6. The molecule has 0 saturated heterocycles. The maximum absolute atomic E-state index is 10.1. The molecule has 6 nitrogen and oxygen atoms in total.